The topological polar surface area (TPSA) is 257 Å². The van der Waals surface area contributed by atoms with Gasteiger partial charge in [-0.25, -0.2) is 33.1 Å². The van der Waals surface area contributed by atoms with Crippen molar-refractivity contribution in [2.45, 2.75) is 42.4 Å². The van der Waals surface area contributed by atoms with Crippen LogP contribution >= 0.6 is 6.72 Å². The highest BCUT2D eigenvalue weighted by atomic mass is 32.5. The first kappa shape index (κ1) is 29.7. The number of aliphatic hydroxyl groups excluding tert-OH is 2. The summed E-state index contributed by atoms with van der Waals surface area (Å²) in [6, 6.07) is 0. The standard InChI is InChI=1S/C20H22F3N10O8PS/c21-19(33-6-29-9-13(24)26-4-27-14(9)33)3-38-7(11(19)35)2-39-42(37,43)41-12-17(40-8(1-34)20(12,22)23)32-5-28-10-15(32)30-18(25)31-16(10)36/h4-8,11-12,17,34-35H,1-3H2,(H,37,43)(H2,24,26,27)(H3,25,30,31,36)/t7-,8-,11-,12+,17-,19?,42?/m1/s1. The minimum absolute atomic E-state index is 0.0251. The monoisotopic (exact) mass is 650 g/mol. The Hall–Kier alpha value is -3.34. The summed E-state index contributed by atoms with van der Waals surface area (Å²) in [5.41, 5.74) is 10.1. The van der Waals surface area contributed by atoms with Crippen LogP contribution in [0.2, 0.25) is 0 Å². The van der Waals surface area contributed by atoms with Crippen LogP contribution in [0.5, 0.6) is 0 Å². The molecule has 0 aliphatic carbocycles. The van der Waals surface area contributed by atoms with E-state index in [9.17, 15) is 19.9 Å². The Bertz CT molecular complexity index is 1810. The molecule has 23 heteroatoms. The van der Waals surface area contributed by atoms with E-state index in [4.69, 9.17) is 41.8 Å². The third kappa shape index (κ3) is 4.84. The molecule has 4 aromatic rings. The van der Waals surface area contributed by atoms with E-state index in [1.165, 1.54) is 0 Å². The Kier molecular flexibility index (Phi) is 7.18. The Morgan fingerprint density at radius 3 is 2.67 bits per heavy atom. The number of halogens is 3. The molecular formula is C20H22F3N10O8PS. The molecule has 18 nitrogen and oxygen atoms in total. The number of nitrogen functional groups attached to an aromatic ring is 2. The number of hydrogen-bond acceptors (Lipinski definition) is 15. The number of fused-ring (bicyclic) bond motifs is 2. The summed E-state index contributed by atoms with van der Waals surface area (Å²) >= 11 is 4.94. The van der Waals surface area contributed by atoms with Gasteiger partial charge in [-0.15, -0.1) is 0 Å². The molecule has 6 heterocycles. The first-order valence-corrected chi connectivity index (χ1v) is 14.8. The molecule has 7 atom stereocenters. The minimum atomic E-state index is -4.63. The molecule has 0 spiro atoms. The van der Waals surface area contributed by atoms with Crippen molar-refractivity contribution in [1.82, 2.24) is 39.0 Å². The van der Waals surface area contributed by atoms with Crippen molar-refractivity contribution in [2.75, 3.05) is 31.3 Å². The van der Waals surface area contributed by atoms with E-state index < -0.39 is 74.5 Å². The zero-order chi connectivity index (χ0) is 30.9. The van der Waals surface area contributed by atoms with Crippen molar-refractivity contribution in [2.24, 2.45) is 0 Å². The summed E-state index contributed by atoms with van der Waals surface area (Å²) in [5.74, 6) is -6.97. The summed E-state index contributed by atoms with van der Waals surface area (Å²) in [5, 5.41) is 20.3. The van der Waals surface area contributed by atoms with E-state index in [0.717, 1.165) is 28.1 Å². The highest BCUT2D eigenvalue weighted by molar-refractivity contribution is 8.07. The Balaban J connectivity index is 1.21. The van der Waals surface area contributed by atoms with Crippen LogP contribution in [0.15, 0.2) is 23.8 Å². The van der Waals surface area contributed by atoms with Crippen molar-refractivity contribution in [3.8, 4) is 0 Å². The van der Waals surface area contributed by atoms with Crippen LogP contribution in [0, 0.1) is 0 Å². The first-order valence-electron chi connectivity index (χ1n) is 12.2. The third-order valence-electron chi connectivity index (χ3n) is 6.98. The largest absolute Gasteiger partial charge is 0.393 e. The van der Waals surface area contributed by atoms with E-state index in [2.05, 4.69) is 29.9 Å². The predicted octanol–water partition coefficient (Wildman–Crippen LogP) is -1.35. The van der Waals surface area contributed by atoms with Gasteiger partial charge in [0.25, 0.3) is 5.56 Å². The molecule has 0 amide bonds. The second kappa shape index (κ2) is 10.4. The highest BCUT2D eigenvalue weighted by Crippen LogP contribution is 2.54. The number of anilines is 2. The summed E-state index contributed by atoms with van der Waals surface area (Å²) in [6.45, 7) is -7.30. The van der Waals surface area contributed by atoms with Gasteiger partial charge in [0, 0.05) is 0 Å². The van der Waals surface area contributed by atoms with E-state index in [-0.39, 0.29) is 34.1 Å². The third-order valence-corrected chi connectivity index (χ3v) is 8.52. The van der Waals surface area contributed by atoms with Crippen molar-refractivity contribution in [3.05, 3.63) is 29.3 Å². The Morgan fingerprint density at radius 1 is 1.19 bits per heavy atom. The lowest BCUT2D eigenvalue weighted by molar-refractivity contribution is -0.120. The van der Waals surface area contributed by atoms with Gasteiger partial charge in [0.2, 0.25) is 11.7 Å². The fourth-order valence-electron chi connectivity index (χ4n) is 4.83. The number of imidazole rings is 2. The van der Waals surface area contributed by atoms with Crippen LogP contribution in [0.25, 0.3) is 22.3 Å². The molecule has 2 aliphatic rings. The molecular weight excluding hydrogens is 628 g/mol. The maximum Gasteiger partial charge on any atom is 0.325 e. The van der Waals surface area contributed by atoms with Crippen LogP contribution in [-0.4, -0.2) is 104 Å². The van der Waals surface area contributed by atoms with Crippen LogP contribution < -0.4 is 17.0 Å². The number of hydrogen-bond donors (Lipinski definition) is 6. The number of H-pyrrole nitrogens is 1. The molecule has 2 fully saturated rings. The number of rotatable bonds is 8. The number of nitrogens with two attached hydrogens (primary N) is 2. The van der Waals surface area contributed by atoms with Gasteiger partial charge < -0.3 is 40.6 Å². The highest BCUT2D eigenvalue weighted by Gasteiger charge is 2.62. The fourth-order valence-corrected chi connectivity index (χ4v) is 6.22. The minimum Gasteiger partial charge on any atom is -0.393 e. The van der Waals surface area contributed by atoms with Crippen LogP contribution in [0.3, 0.4) is 0 Å². The van der Waals surface area contributed by atoms with E-state index >= 15 is 13.2 Å². The van der Waals surface area contributed by atoms with Gasteiger partial charge in [-0.05, 0) is 11.8 Å². The van der Waals surface area contributed by atoms with Crippen molar-refractivity contribution >= 4 is 52.6 Å². The number of aromatic amines is 1. The molecule has 0 radical (unpaired) electrons. The molecule has 2 saturated heterocycles. The van der Waals surface area contributed by atoms with Gasteiger partial charge in [0.05, 0.1) is 25.9 Å². The zero-order valence-electron chi connectivity index (χ0n) is 21.4. The molecule has 8 N–H and O–H groups in total. The maximum atomic E-state index is 16.0. The molecule has 43 heavy (non-hydrogen) atoms. The maximum absolute atomic E-state index is 16.0. The smallest absolute Gasteiger partial charge is 0.325 e. The number of alkyl halides is 3. The average Bonchev–Trinajstić information content (AvgIpc) is 3.69. The van der Waals surface area contributed by atoms with Crippen molar-refractivity contribution in [1.29, 1.82) is 0 Å². The SMILES string of the molecule is Nc1nc2c(ncn2[C@@H]2O[C@H](CO)C(F)(F)[C@H]2OP(O)(=S)OC[C@H]2OCC(F)(n3cnc4c(N)ncnc43)[C@@H]2O)c(=O)[nH]1. The van der Waals surface area contributed by atoms with Gasteiger partial charge in [0.1, 0.15) is 36.8 Å². The number of aliphatic hydroxyl groups is 2. The molecule has 0 bridgehead atoms. The van der Waals surface area contributed by atoms with Gasteiger partial charge >= 0.3 is 12.6 Å². The van der Waals surface area contributed by atoms with Crippen molar-refractivity contribution in [3.63, 3.8) is 0 Å². The predicted molar refractivity (Wildman–Crippen MR) is 140 cm³/mol. The van der Waals surface area contributed by atoms with E-state index in [1.807, 2.05) is 0 Å². The lowest BCUT2D eigenvalue weighted by atomic mass is 10.1. The lowest BCUT2D eigenvalue weighted by Gasteiger charge is -2.29. The number of ether oxygens (including phenoxy) is 2. The Morgan fingerprint density at radius 2 is 1.93 bits per heavy atom. The van der Waals surface area contributed by atoms with Gasteiger partial charge in [0.15, 0.2) is 35.0 Å². The first-order chi connectivity index (χ1) is 20.3. The lowest BCUT2D eigenvalue weighted by Crippen LogP contribution is -2.44. The summed E-state index contributed by atoms with van der Waals surface area (Å²) in [6.07, 6.45) is -6.70. The summed E-state index contributed by atoms with van der Waals surface area (Å²) < 4.78 is 69.5. The molecule has 2 unspecified atom stereocenters. The van der Waals surface area contributed by atoms with Gasteiger partial charge in [-0.2, -0.15) is 4.98 Å². The number of nitrogens with one attached hydrogen (secondary N) is 1. The molecule has 232 valence electrons. The number of aromatic nitrogens is 8. The second-order valence-corrected chi connectivity index (χ2v) is 12.4. The zero-order valence-corrected chi connectivity index (χ0v) is 23.1. The quantitative estimate of drug-likeness (QED) is 0.120. The van der Waals surface area contributed by atoms with E-state index in [1.54, 1.807) is 0 Å². The molecule has 0 aromatic carbocycles. The normalized spacial score (nSPS) is 30.3. The van der Waals surface area contributed by atoms with Crippen LogP contribution in [0.4, 0.5) is 24.9 Å². The molecule has 6 rings (SSSR count). The molecule has 2 aliphatic heterocycles. The van der Waals surface area contributed by atoms with Crippen molar-refractivity contribution < 1.29 is 46.8 Å². The number of nitrogens with zero attached hydrogens (tertiary/aromatic N) is 7. The van der Waals surface area contributed by atoms with Gasteiger partial charge in [-0.1, -0.05) is 0 Å². The van der Waals surface area contributed by atoms with Gasteiger partial charge in [-0.3, -0.25) is 23.4 Å². The Labute approximate surface area is 241 Å². The fraction of sp³-hybridized carbons (Fsp3) is 0.500. The molecule has 0 saturated carbocycles. The molecule has 4 aromatic heterocycles. The van der Waals surface area contributed by atoms with E-state index in [0.29, 0.717) is 0 Å². The summed E-state index contributed by atoms with van der Waals surface area (Å²) in [4.78, 5) is 44.5. The average molecular weight is 650 g/mol. The van der Waals surface area contributed by atoms with Crippen LogP contribution in [0.1, 0.15) is 6.23 Å². The van der Waals surface area contributed by atoms with Crippen LogP contribution in [-0.2, 0) is 36.1 Å². The summed E-state index contributed by atoms with van der Waals surface area (Å²) in [7, 11) is 0. The second-order valence-electron chi connectivity index (χ2n) is 9.60.